The van der Waals surface area contributed by atoms with E-state index in [1.807, 2.05) is 0 Å². The van der Waals surface area contributed by atoms with Crippen LogP contribution in [0.3, 0.4) is 0 Å². The molecule has 0 saturated carbocycles. The van der Waals surface area contributed by atoms with Crippen LogP contribution in [0, 0.1) is 5.92 Å². The van der Waals surface area contributed by atoms with Gasteiger partial charge in [0, 0.05) is 12.0 Å². The van der Waals surface area contributed by atoms with E-state index in [9.17, 15) is 18.0 Å². The third-order valence-corrected chi connectivity index (χ3v) is 3.88. The van der Waals surface area contributed by atoms with Crippen LogP contribution in [0.5, 0.6) is 0 Å². The van der Waals surface area contributed by atoms with Crippen molar-refractivity contribution in [2.24, 2.45) is 10.9 Å². The van der Waals surface area contributed by atoms with Gasteiger partial charge >= 0.3 is 12.1 Å². The summed E-state index contributed by atoms with van der Waals surface area (Å²) >= 11 is 4.86. The summed E-state index contributed by atoms with van der Waals surface area (Å²) in [6.45, 7) is 0.877. The molecule has 1 heterocycles. The van der Waals surface area contributed by atoms with Crippen LogP contribution in [-0.4, -0.2) is 67.7 Å². The first-order valence-corrected chi connectivity index (χ1v) is 8.63. The molecule has 2 unspecified atom stereocenters. The van der Waals surface area contributed by atoms with E-state index in [0.717, 1.165) is 6.26 Å². The summed E-state index contributed by atoms with van der Waals surface area (Å²) in [5, 5.41) is 11.9. The second kappa shape index (κ2) is 7.49. The van der Waals surface area contributed by atoms with Gasteiger partial charge in [0.05, 0.1) is 11.8 Å². The topological polar surface area (TPSA) is 131 Å². The first-order valence-electron chi connectivity index (χ1n) is 6.16. The maximum atomic E-state index is 11.3. The Morgan fingerprint density at radius 2 is 2.05 bits per heavy atom. The average Bonchev–Trinajstić information content (AvgIpc) is 2.33. The van der Waals surface area contributed by atoms with Crippen LogP contribution in [0.2, 0.25) is 0 Å². The average molecular weight is 352 g/mol. The van der Waals surface area contributed by atoms with E-state index in [4.69, 9.17) is 22.1 Å². The predicted octanol–water partition coefficient (Wildman–Crippen LogP) is -0.397. The molecule has 0 spiro atoms. The third-order valence-electron chi connectivity index (χ3n) is 2.76. The van der Waals surface area contributed by atoms with Gasteiger partial charge in [-0.1, -0.05) is 0 Å². The van der Waals surface area contributed by atoms with Crippen molar-refractivity contribution in [3.63, 3.8) is 0 Å². The molecule has 2 N–H and O–H groups in total. The van der Waals surface area contributed by atoms with Crippen LogP contribution >= 0.6 is 12.2 Å². The van der Waals surface area contributed by atoms with Crippen LogP contribution in [0.25, 0.3) is 0 Å². The molecule has 0 aromatic heterocycles. The fraction of sp³-hybridized carbons (Fsp3) is 0.636. The molecule has 0 aliphatic carbocycles. The Morgan fingerprint density at radius 1 is 1.41 bits per heavy atom. The van der Waals surface area contributed by atoms with Gasteiger partial charge in [-0.3, -0.25) is 4.79 Å². The Morgan fingerprint density at radius 3 is 2.59 bits per heavy atom. The van der Waals surface area contributed by atoms with E-state index >= 15 is 0 Å². The van der Waals surface area contributed by atoms with Gasteiger partial charge in [0.25, 0.3) is 0 Å². The van der Waals surface area contributed by atoms with E-state index < -0.39 is 33.9 Å². The Kier molecular flexibility index (Phi) is 6.23. The zero-order chi connectivity index (χ0) is 16.9. The van der Waals surface area contributed by atoms with Crippen molar-refractivity contribution in [1.29, 1.82) is 0 Å². The zero-order valence-corrected chi connectivity index (χ0v) is 13.6. The van der Waals surface area contributed by atoms with Gasteiger partial charge in [0.15, 0.2) is 14.9 Å². The summed E-state index contributed by atoms with van der Waals surface area (Å²) in [6, 6.07) is -0.773. The highest BCUT2D eigenvalue weighted by molar-refractivity contribution is 7.90. The maximum Gasteiger partial charge on any atom is 0.508 e. The highest BCUT2D eigenvalue weighted by Gasteiger charge is 2.35. The van der Waals surface area contributed by atoms with Crippen molar-refractivity contribution in [3.05, 3.63) is 0 Å². The van der Waals surface area contributed by atoms with Gasteiger partial charge in [-0.15, -0.1) is 0 Å². The number of carbonyl (C=O) groups excluding carboxylic acids is 1. The lowest BCUT2D eigenvalue weighted by Gasteiger charge is -2.28. The van der Waals surface area contributed by atoms with Crippen LogP contribution in [0.15, 0.2) is 4.99 Å². The molecular weight excluding hydrogens is 336 g/mol. The van der Waals surface area contributed by atoms with E-state index in [1.54, 1.807) is 0 Å². The lowest BCUT2D eigenvalue weighted by molar-refractivity contribution is -0.140. The lowest BCUT2D eigenvalue weighted by Crippen LogP contribution is -2.52. The van der Waals surface area contributed by atoms with Crippen LogP contribution in [0.1, 0.15) is 6.92 Å². The normalized spacial score (nSPS) is 21.5. The minimum atomic E-state index is -3.25. The number of aliphatic imine (C=N–C) groups is 1. The molecule has 0 aromatic rings. The van der Waals surface area contributed by atoms with Gasteiger partial charge in [-0.05, 0) is 19.1 Å². The molecule has 0 saturated heterocycles. The summed E-state index contributed by atoms with van der Waals surface area (Å²) in [7, 11) is -3.25. The van der Waals surface area contributed by atoms with Gasteiger partial charge in [0.1, 0.15) is 19.1 Å². The number of nitrogens with zero attached hydrogens (tertiary/aromatic N) is 1. The number of carbonyl (C=O) groups is 2. The molecule has 1 aliphatic heterocycles. The molecule has 22 heavy (non-hydrogen) atoms. The number of hydrogen-bond donors (Lipinski definition) is 2. The molecule has 0 radical (unpaired) electrons. The Labute approximate surface area is 132 Å². The molecular formula is C11H16N2O7S2. The smallest absolute Gasteiger partial charge is 0.481 e. The minimum Gasteiger partial charge on any atom is -0.481 e. The van der Waals surface area contributed by atoms with Gasteiger partial charge in [-0.2, -0.15) is 0 Å². The minimum absolute atomic E-state index is 0.106. The van der Waals surface area contributed by atoms with Crippen molar-refractivity contribution in [1.82, 2.24) is 5.32 Å². The number of thiocarbonyl (C=S) groups is 1. The molecule has 0 aromatic carbocycles. The van der Waals surface area contributed by atoms with Gasteiger partial charge in [0.2, 0.25) is 0 Å². The predicted molar refractivity (Wildman–Crippen MR) is 80.8 cm³/mol. The third kappa shape index (κ3) is 5.93. The summed E-state index contributed by atoms with van der Waals surface area (Å²) in [5.74, 6) is -2.44. The van der Waals surface area contributed by atoms with Crippen molar-refractivity contribution < 1.29 is 32.6 Å². The molecule has 1 aliphatic rings. The fourth-order valence-electron chi connectivity index (χ4n) is 1.76. The number of ether oxygens (including phenoxy) is 2. The first kappa shape index (κ1) is 18.3. The van der Waals surface area contributed by atoms with Crippen molar-refractivity contribution >= 4 is 45.0 Å². The molecule has 124 valence electrons. The van der Waals surface area contributed by atoms with Crippen molar-refractivity contribution in [2.75, 3.05) is 25.2 Å². The molecule has 0 amide bonds. The molecule has 2 atom stereocenters. The molecule has 0 bridgehead atoms. The Balaban J connectivity index is 2.52. The highest BCUT2D eigenvalue weighted by Crippen LogP contribution is 2.13. The lowest BCUT2D eigenvalue weighted by atomic mass is 9.94. The van der Waals surface area contributed by atoms with E-state index in [0.29, 0.717) is 5.71 Å². The number of carboxylic acids is 1. The molecule has 1 rings (SSSR count). The largest absolute Gasteiger partial charge is 0.508 e. The van der Waals surface area contributed by atoms with Crippen molar-refractivity contribution in [3.8, 4) is 0 Å². The summed E-state index contributed by atoms with van der Waals surface area (Å²) < 4.78 is 31.1. The summed E-state index contributed by atoms with van der Waals surface area (Å²) in [6.07, 6.45) is -0.0746. The second-order valence-electron chi connectivity index (χ2n) is 4.66. The molecule has 9 nitrogen and oxygen atoms in total. The number of carboxylic acid groups (broad SMARTS) is 1. The summed E-state index contributed by atoms with van der Waals surface area (Å²) in [5.41, 5.74) is 0.301. The number of sulfone groups is 1. The quantitative estimate of drug-likeness (QED) is 0.484. The molecule has 11 heteroatoms. The standard InChI is InChI=1S/C11H16N2O7S2/c1-6-8(9(14)15)7(13-10(21)12-6)5-20-11(16)19-3-4-22(2,17)18/h7-8H,3-5H2,1-2H3,(H,13,21)(H,14,15). The number of rotatable bonds is 6. The van der Waals surface area contributed by atoms with E-state index in [-0.39, 0.29) is 24.1 Å². The van der Waals surface area contributed by atoms with Gasteiger partial charge < -0.3 is 19.9 Å². The van der Waals surface area contributed by atoms with E-state index in [2.05, 4.69) is 15.0 Å². The monoisotopic (exact) mass is 352 g/mol. The van der Waals surface area contributed by atoms with Gasteiger partial charge in [-0.25, -0.2) is 18.2 Å². The first-order chi connectivity index (χ1) is 10.1. The van der Waals surface area contributed by atoms with E-state index in [1.165, 1.54) is 6.92 Å². The highest BCUT2D eigenvalue weighted by atomic mass is 32.2. The maximum absolute atomic E-state index is 11.3. The van der Waals surface area contributed by atoms with Crippen molar-refractivity contribution in [2.45, 2.75) is 13.0 Å². The second-order valence-corrected chi connectivity index (χ2v) is 7.31. The van der Waals surface area contributed by atoms with Crippen LogP contribution < -0.4 is 5.32 Å². The number of aliphatic carboxylic acids is 1. The fourth-order valence-corrected chi connectivity index (χ4v) is 2.44. The summed E-state index contributed by atoms with van der Waals surface area (Å²) in [4.78, 5) is 26.4. The SMILES string of the molecule is CC1=NC(=S)NC(COC(=O)OCCS(C)(=O)=O)C1C(=O)O. The van der Waals surface area contributed by atoms with Crippen LogP contribution in [0.4, 0.5) is 4.79 Å². The number of hydrogen-bond acceptors (Lipinski definition) is 7. The Hall–Kier alpha value is -1.75. The zero-order valence-electron chi connectivity index (χ0n) is 11.9. The Bertz CT molecular complexity index is 600. The molecule has 0 fully saturated rings. The van der Waals surface area contributed by atoms with Crippen LogP contribution in [-0.2, 0) is 24.1 Å². The number of nitrogens with one attached hydrogen (secondary N) is 1.